The van der Waals surface area contributed by atoms with E-state index in [2.05, 4.69) is 271 Å². The summed E-state index contributed by atoms with van der Waals surface area (Å²) in [6.45, 7) is 0. The summed E-state index contributed by atoms with van der Waals surface area (Å²) in [4.78, 5) is 4.75. The SMILES string of the molecule is c1ccc2c(c1)-c1ccccc1C21c2ccccc2-c2ccc(-c3ccc4c(c3)c3cc(-c5ccc6c(c5)C5(c7ccccc7-c7ccccc75)c5ccccc5-6)ccc3n4-c3ccc(-c4ccc(-c5nc6ccccc6o5)cc4)cc3)cc21. The zero-order chi connectivity index (χ0) is 54.8. The molecular formula is C81H48N2O. The third-order valence-corrected chi connectivity index (χ3v) is 19.3. The summed E-state index contributed by atoms with van der Waals surface area (Å²) in [5.41, 5.74) is 33.5. The van der Waals surface area contributed by atoms with Gasteiger partial charge in [-0.3, -0.25) is 0 Å². The number of para-hydroxylation sites is 2. The average molecular weight is 1070 g/mol. The van der Waals surface area contributed by atoms with Crippen LogP contribution in [0, 0.1) is 0 Å². The van der Waals surface area contributed by atoms with Crippen LogP contribution < -0.4 is 0 Å². The molecule has 0 aliphatic heterocycles. The number of hydrogen-bond donors (Lipinski definition) is 0. The maximum absolute atomic E-state index is 6.12. The standard InChI is InChI=1S/C81H48N2O/c1-7-21-67-57(15-1)58-16-2-8-22-68(58)80(67)71-25-11-5-19-61(71)63-41-35-54(47-73(63)80)52-37-43-76-65(45-52)66-46-53(38-44-77(66)83(76)56-39-33-50(34-40-56)49-29-31-51(32-30-49)79-82-75-27-13-14-28-78(75)84-79)55-36-42-64-62-20-6-12-26-72(62)81(74(64)48-55)69-23-9-3-17-59(69)60-18-4-10-24-70(60)81/h1-48H. The minimum absolute atomic E-state index is 0.428. The summed E-state index contributed by atoms with van der Waals surface area (Å²) in [6, 6.07) is 109. The highest BCUT2D eigenvalue weighted by Gasteiger charge is 2.53. The lowest BCUT2D eigenvalue weighted by Gasteiger charge is -2.30. The first-order chi connectivity index (χ1) is 41.6. The van der Waals surface area contributed by atoms with Gasteiger partial charge in [-0.2, -0.15) is 0 Å². The Kier molecular flexibility index (Phi) is 9.19. The van der Waals surface area contributed by atoms with Gasteiger partial charge < -0.3 is 8.98 Å². The first-order valence-electron chi connectivity index (χ1n) is 29.2. The van der Waals surface area contributed by atoms with Gasteiger partial charge in [0.05, 0.1) is 21.9 Å². The van der Waals surface area contributed by atoms with Crippen molar-refractivity contribution in [3.8, 4) is 95.0 Å². The Morgan fingerprint density at radius 2 is 0.583 bits per heavy atom. The molecule has 13 aromatic carbocycles. The molecule has 2 spiro atoms. The molecular weight excluding hydrogens is 1020 g/mol. The van der Waals surface area contributed by atoms with Crippen LogP contribution in [0.4, 0.5) is 0 Å². The number of fused-ring (bicyclic) bond motifs is 24. The lowest BCUT2D eigenvalue weighted by Crippen LogP contribution is -2.25. The topological polar surface area (TPSA) is 31.0 Å². The second-order valence-corrected chi connectivity index (χ2v) is 23.2. The monoisotopic (exact) mass is 1060 g/mol. The first-order valence-corrected chi connectivity index (χ1v) is 29.2. The Balaban J connectivity index is 0.782. The zero-order valence-corrected chi connectivity index (χ0v) is 45.5. The molecule has 2 aromatic heterocycles. The van der Waals surface area contributed by atoms with E-state index in [0.717, 1.165) is 44.5 Å². The van der Waals surface area contributed by atoms with Crippen molar-refractivity contribution >= 4 is 32.9 Å². The Labute approximate surface area is 485 Å². The van der Waals surface area contributed by atoms with Gasteiger partial charge in [0.1, 0.15) is 5.52 Å². The minimum Gasteiger partial charge on any atom is -0.436 e. The molecule has 19 rings (SSSR count). The molecule has 0 amide bonds. The number of hydrogen-bond acceptors (Lipinski definition) is 2. The van der Waals surface area contributed by atoms with Gasteiger partial charge in [-0.25, -0.2) is 4.98 Å². The molecule has 0 bridgehead atoms. The van der Waals surface area contributed by atoms with Gasteiger partial charge in [0.15, 0.2) is 5.58 Å². The van der Waals surface area contributed by atoms with Crippen LogP contribution in [0.5, 0.6) is 0 Å². The van der Waals surface area contributed by atoms with E-state index < -0.39 is 10.8 Å². The van der Waals surface area contributed by atoms with E-state index in [4.69, 9.17) is 9.40 Å². The van der Waals surface area contributed by atoms with Crippen molar-refractivity contribution in [3.05, 3.63) is 336 Å². The molecule has 3 nitrogen and oxygen atoms in total. The van der Waals surface area contributed by atoms with Crippen molar-refractivity contribution < 1.29 is 4.42 Å². The molecule has 0 saturated heterocycles. The highest BCUT2D eigenvalue weighted by molar-refractivity contribution is 6.12. The van der Waals surface area contributed by atoms with Crippen LogP contribution in [0.15, 0.2) is 296 Å². The Bertz CT molecular complexity index is 4910. The third-order valence-electron chi connectivity index (χ3n) is 19.3. The average Bonchev–Trinajstić information content (AvgIpc) is 1.71. The molecule has 0 unspecified atom stereocenters. The molecule has 2 heterocycles. The molecule has 388 valence electrons. The van der Waals surface area contributed by atoms with Crippen molar-refractivity contribution in [2.75, 3.05) is 0 Å². The summed E-state index contributed by atoms with van der Waals surface area (Å²) >= 11 is 0. The van der Waals surface area contributed by atoms with Gasteiger partial charge in [0, 0.05) is 22.0 Å². The molecule has 84 heavy (non-hydrogen) atoms. The Hall–Kier alpha value is -10.9. The summed E-state index contributed by atoms with van der Waals surface area (Å²) in [5.74, 6) is 0.628. The molecule has 0 radical (unpaired) electrons. The number of oxazole rings is 1. The highest BCUT2D eigenvalue weighted by atomic mass is 16.3. The van der Waals surface area contributed by atoms with Crippen molar-refractivity contribution in [1.82, 2.24) is 9.55 Å². The number of nitrogens with zero attached hydrogens (tertiary/aromatic N) is 2. The van der Waals surface area contributed by atoms with Crippen molar-refractivity contribution in [3.63, 3.8) is 0 Å². The Morgan fingerprint density at radius 3 is 1.00 bits per heavy atom. The van der Waals surface area contributed by atoms with Crippen LogP contribution in [0.25, 0.3) is 128 Å². The minimum atomic E-state index is -0.428. The van der Waals surface area contributed by atoms with Crippen LogP contribution >= 0.6 is 0 Å². The molecule has 0 saturated carbocycles. The fourth-order valence-electron chi connectivity index (χ4n) is 15.8. The van der Waals surface area contributed by atoms with Gasteiger partial charge >= 0.3 is 0 Å². The molecule has 0 fully saturated rings. The fourth-order valence-corrected chi connectivity index (χ4v) is 15.8. The molecule has 3 heteroatoms. The first kappa shape index (κ1) is 45.8. The maximum atomic E-state index is 6.12. The van der Waals surface area contributed by atoms with E-state index in [9.17, 15) is 0 Å². The Morgan fingerprint density at radius 1 is 0.262 bits per heavy atom. The van der Waals surface area contributed by atoms with E-state index in [1.54, 1.807) is 0 Å². The second-order valence-electron chi connectivity index (χ2n) is 23.2. The number of benzene rings is 13. The largest absolute Gasteiger partial charge is 0.436 e. The number of aromatic nitrogens is 2. The van der Waals surface area contributed by atoms with E-state index in [1.807, 2.05) is 24.3 Å². The van der Waals surface area contributed by atoms with Crippen molar-refractivity contribution in [1.29, 1.82) is 0 Å². The number of rotatable bonds is 5. The van der Waals surface area contributed by atoms with Crippen LogP contribution in [0.1, 0.15) is 44.5 Å². The highest BCUT2D eigenvalue weighted by Crippen LogP contribution is 2.65. The van der Waals surface area contributed by atoms with Crippen molar-refractivity contribution in [2.24, 2.45) is 0 Å². The van der Waals surface area contributed by atoms with E-state index in [-0.39, 0.29) is 0 Å². The molecule has 15 aromatic rings. The summed E-state index contributed by atoms with van der Waals surface area (Å²) in [5, 5.41) is 2.42. The van der Waals surface area contributed by atoms with Gasteiger partial charge in [-0.15, -0.1) is 0 Å². The van der Waals surface area contributed by atoms with Gasteiger partial charge in [-0.05, 0) is 195 Å². The predicted octanol–water partition coefficient (Wildman–Crippen LogP) is 20.3. The normalized spacial score (nSPS) is 13.9. The summed E-state index contributed by atoms with van der Waals surface area (Å²) in [7, 11) is 0. The quantitative estimate of drug-likeness (QED) is 0.172. The molecule has 0 atom stereocenters. The molecule has 4 aliphatic rings. The lowest BCUT2D eigenvalue weighted by atomic mass is 9.70. The summed E-state index contributed by atoms with van der Waals surface area (Å²) < 4.78 is 8.58. The van der Waals surface area contributed by atoms with Gasteiger partial charge in [0.2, 0.25) is 5.89 Å². The van der Waals surface area contributed by atoms with E-state index >= 15 is 0 Å². The predicted molar refractivity (Wildman–Crippen MR) is 343 cm³/mol. The molecule has 4 aliphatic carbocycles. The maximum Gasteiger partial charge on any atom is 0.227 e. The van der Waals surface area contributed by atoms with E-state index in [1.165, 1.54) is 122 Å². The van der Waals surface area contributed by atoms with Crippen LogP contribution in [0.3, 0.4) is 0 Å². The van der Waals surface area contributed by atoms with Gasteiger partial charge in [-0.1, -0.05) is 218 Å². The van der Waals surface area contributed by atoms with Crippen molar-refractivity contribution in [2.45, 2.75) is 10.8 Å². The summed E-state index contributed by atoms with van der Waals surface area (Å²) in [6.07, 6.45) is 0. The van der Waals surface area contributed by atoms with Crippen LogP contribution in [-0.4, -0.2) is 9.55 Å². The van der Waals surface area contributed by atoms with Crippen LogP contribution in [-0.2, 0) is 10.8 Å². The molecule has 0 N–H and O–H groups in total. The van der Waals surface area contributed by atoms with E-state index in [0.29, 0.717) is 5.89 Å². The zero-order valence-electron chi connectivity index (χ0n) is 45.5. The smallest absolute Gasteiger partial charge is 0.227 e. The lowest BCUT2D eigenvalue weighted by molar-refractivity contribution is 0.620. The fraction of sp³-hybridized carbons (Fsp3) is 0.0247. The van der Waals surface area contributed by atoms with Gasteiger partial charge in [0.25, 0.3) is 0 Å². The van der Waals surface area contributed by atoms with Crippen LogP contribution in [0.2, 0.25) is 0 Å². The second kappa shape index (κ2) is 16.9. The third kappa shape index (κ3) is 5.97.